The van der Waals surface area contributed by atoms with Gasteiger partial charge in [-0.25, -0.2) is 13.8 Å². The molecule has 3 aliphatic rings. The topological polar surface area (TPSA) is 99.1 Å². The van der Waals surface area contributed by atoms with Crippen LogP contribution in [0.4, 0.5) is 8.78 Å². The van der Waals surface area contributed by atoms with Crippen molar-refractivity contribution in [3.05, 3.63) is 57.2 Å². The maximum atomic E-state index is 13.3. The number of hydrogen-bond donors (Lipinski definition) is 3. The third-order valence-electron chi connectivity index (χ3n) is 4.99. The molecule has 2 unspecified atom stereocenters. The van der Waals surface area contributed by atoms with Gasteiger partial charge in [-0.05, 0) is 25.0 Å². The highest BCUT2D eigenvalue weighted by molar-refractivity contribution is 8.04. The SMILES string of the molecule is CC.CC.COC1=CNC(C(F)F)C=C1c1cc(Cl)ncc1C(=O)NC1NC(C#N)=C(C#CC2CC2)S1. The second-order valence-corrected chi connectivity index (χ2v) is 8.85. The second kappa shape index (κ2) is 14.5. The molecule has 1 aromatic rings. The fourth-order valence-corrected chi connectivity index (χ4v) is 4.24. The van der Waals surface area contributed by atoms with E-state index in [1.54, 1.807) is 0 Å². The van der Waals surface area contributed by atoms with E-state index < -0.39 is 23.9 Å². The number of halogens is 3. The quantitative estimate of drug-likeness (QED) is 0.334. The van der Waals surface area contributed by atoms with Crippen molar-refractivity contribution >= 4 is 34.8 Å². The Morgan fingerprint density at radius 3 is 2.62 bits per heavy atom. The number of aromatic nitrogens is 1. The predicted octanol–water partition coefficient (Wildman–Crippen LogP) is 5.39. The number of amides is 1. The van der Waals surface area contributed by atoms with E-state index in [4.69, 9.17) is 16.3 Å². The predicted molar refractivity (Wildman–Crippen MR) is 143 cm³/mol. The first-order valence-corrected chi connectivity index (χ1v) is 13.2. The number of thioether (sulfide) groups is 1. The molecule has 1 saturated carbocycles. The van der Waals surface area contributed by atoms with E-state index in [1.165, 1.54) is 43.4 Å². The fraction of sp³-hybridized carbons (Fsp3) is 0.423. The molecule has 7 nitrogen and oxygen atoms in total. The molecule has 1 fully saturated rings. The van der Waals surface area contributed by atoms with Gasteiger partial charge in [0.2, 0.25) is 0 Å². The van der Waals surface area contributed by atoms with Crippen LogP contribution in [-0.4, -0.2) is 36.0 Å². The van der Waals surface area contributed by atoms with Crippen molar-refractivity contribution in [2.75, 3.05) is 7.11 Å². The summed E-state index contributed by atoms with van der Waals surface area (Å²) in [6, 6.07) is 2.21. The van der Waals surface area contributed by atoms with E-state index in [-0.39, 0.29) is 27.6 Å². The summed E-state index contributed by atoms with van der Waals surface area (Å²) in [6.45, 7) is 8.00. The number of nitrogens with one attached hydrogen (secondary N) is 3. The normalized spacial score (nSPS) is 19.7. The van der Waals surface area contributed by atoms with Gasteiger partial charge in [0.1, 0.15) is 28.7 Å². The highest BCUT2D eigenvalue weighted by Gasteiger charge is 2.30. The third kappa shape index (κ3) is 7.88. The molecule has 4 rings (SSSR count). The van der Waals surface area contributed by atoms with Crippen LogP contribution >= 0.6 is 23.4 Å². The second-order valence-electron chi connectivity index (χ2n) is 7.35. The van der Waals surface area contributed by atoms with E-state index in [2.05, 4.69) is 38.8 Å². The molecule has 1 aliphatic carbocycles. The van der Waals surface area contributed by atoms with Crippen LogP contribution in [-0.2, 0) is 4.74 Å². The Kier molecular flexibility index (Phi) is 11.8. The van der Waals surface area contributed by atoms with Crippen LogP contribution in [0.5, 0.6) is 0 Å². The summed E-state index contributed by atoms with van der Waals surface area (Å²) in [5, 5.41) is 17.7. The Bertz CT molecular complexity index is 1180. The van der Waals surface area contributed by atoms with Gasteiger partial charge in [-0.2, -0.15) is 5.26 Å². The molecule has 11 heteroatoms. The number of alkyl halides is 2. The van der Waals surface area contributed by atoms with Crippen molar-refractivity contribution in [1.82, 2.24) is 20.9 Å². The van der Waals surface area contributed by atoms with Gasteiger partial charge in [0.15, 0.2) is 5.50 Å². The largest absolute Gasteiger partial charge is 0.495 e. The fourth-order valence-electron chi connectivity index (χ4n) is 3.17. The minimum atomic E-state index is -2.67. The molecule has 37 heavy (non-hydrogen) atoms. The summed E-state index contributed by atoms with van der Waals surface area (Å²) in [6.07, 6.45) is 3.33. The van der Waals surface area contributed by atoms with E-state index in [0.29, 0.717) is 16.5 Å². The van der Waals surface area contributed by atoms with Gasteiger partial charge in [-0.15, -0.1) is 0 Å². The summed E-state index contributed by atoms with van der Waals surface area (Å²) in [5.74, 6) is 6.21. The monoisotopic (exact) mass is 549 g/mol. The van der Waals surface area contributed by atoms with Gasteiger partial charge < -0.3 is 20.7 Å². The minimum absolute atomic E-state index is 0.0875. The van der Waals surface area contributed by atoms with Gasteiger partial charge in [-0.3, -0.25) is 4.79 Å². The van der Waals surface area contributed by atoms with Crippen molar-refractivity contribution in [2.45, 2.75) is 58.5 Å². The van der Waals surface area contributed by atoms with Crippen molar-refractivity contribution in [3.63, 3.8) is 0 Å². The summed E-state index contributed by atoms with van der Waals surface area (Å²) in [4.78, 5) is 17.7. The van der Waals surface area contributed by atoms with Crippen LogP contribution in [0, 0.1) is 29.1 Å². The first-order valence-electron chi connectivity index (χ1n) is 12.0. The summed E-state index contributed by atoms with van der Waals surface area (Å²) in [7, 11) is 1.39. The zero-order chi connectivity index (χ0) is 27.5. The van der Waals surface area contributed by atoms with Crippen LogP contribution in [0.3, 0.4) is 0 Å². The van der Waals surface area contributed by atoms with Crippen molar-refractivity contribution in [1.29, 1.82) is 5.26 Å². The van der Waals surface area contributed by atoms with Gasteiger partial charge in [-0.1, -0.05) is 62.9 Å². The van der Waals surface area contributed by atoms with E-state index >= 15 is 0 Å². The lowest BCUT2D eigenvalue weighted by molar-refractivity contribution is 0.0947. The Morgan fingerprint density at radius 1 is 1.32 bits per heavy atom. The lowest BCUT2D eigenvalue weighted by atomic mass is 9.96. The van der Waals surface area contributed by atoms with Crippen molar-refractivity contribution in [2.24, 2.45) is 5.92 Å². The van der Waals surface area contributed by atoms with Gasteiger partial charge in [0.05, 0.1) is 17.6 Å². The molecule has 2 atom stereocenters. The first-order chi connectivity index (χ1) is 17.9. The number of rotatable bonds is 5. The Hall–Kier alpha value is -3.21. The molecule has 0 saturated heterocycles. The number of dihydropyridines is 1. The number of hydrogen-bond acceptors (Lipinski definition) is 7. The molecule has 1 amide bonds. The molecule has 198 valence electrons. The summed E-state index contributed by atoms with van der Waals surface area (Å²) < 4.78 is 32.0. The molecule has 3 N–H and O–H groups in total. The smallest absolute Gasteiger partial charge is 0.261 e. The molecule has 0 bridgehead atoms. The van der Waals surface area contributed by atoms with E-state index in [1.807, 2.05) is 27.7 Å². The molecule has 2 aliphatic heterocycles. The lowest BCUT2D eigenvalue weighted by Crippen LogP contribution is -2.40. The standard InChI is InChI=1S/C22H18ClF2N5O2S.2C2H6/c1-32-17-10-27-15(20(24)25)6-13(17)12-7-19(23)28-9-14(12)21(31)30-22-29-16(8-26)18(33-22)5-4-11-2-3-11;2*1-2/h6-7,9-11,15,20,22,27,29H,2-3H2,1H3,(H,30,31);2*1-2H3. The zero-order valence-electron chi connectivity index (χ0n) is 21.3. The Labute approximate surface area is 225 Å². The van der Waals surface area contributed by atoms with Gasteiger partial charge in [0, 0.05) is 29.5 Å². The number of carbonyl (C=O) groups is 1. The highest BCUT2D eigenvalue weighted by Crippen LogP contribution is 2.33. The van der Waals surface area contributed by atoms with Crippen molar-refractivity contribution in [3.8, 4) is 17.9 Å². The molecule has 0 spiro atoms. The molecular formula is C26H30ClF2N5O2S. The molecule has 1 aromatic heterocycles. The molecular weight excluding hydrogens is 520 g/mol. The van der Waals surface area contributed by atoms with Crippen LogP contribution in [0.1, 0.15) is 56.5 Å². The van der Waals surface area contributed by atoms with Crippen LogP contribution in [0.2, 0.25) is 5.15 Å². The number of methoxy groups -OCH3 is 1. The highest BCUT2D eigenvalue weighted by atomic mass is 35.5. The lowest BCUT2D eigenvalue weighted by Gasteiger charge is -2.24. The number of allylic oxidation sites excluding steroid dienone is 3. The first kappa shape index (κ1) is 30.0. The third-order valence-corrected chi connectivity index (χ3v) is 6.21. The number of carbonyl (C=O) groups excluding carboxylic acids is 1. The van der Waals surface area contributed by atoms with Gasteiger partial charge >= 0.3 is 0 Å². The number of pyridine rings is 1. The Balaban J connectivity index is 0.00000115. The van der Waals surface area contributed by atoms with E-state index in [9.17, 15) is 18.8 Å². The average molecular weight is 550 g/mol. The van der Waals surface area contributed by atoms with E-state index in [0.717, 1.165) is 12.8 Å². The minimum Gasteiger partial charge on any atom is -0.495 e. The number of nitriles is 1. The Morgan fingerprint density at radius 2 is 2.03 bits per heavy atom. The van der Waals surface area contributed by atoms with Gasteiger partial charge in [0.25, 0.3) is 12.3 Å². The number of nitrogens with zero attached hydrogens (tertiary/aromatic N) is 2. The maximum absolute atomic E-state index is 13.3. The number of ether oxygens (including phenoxy) is 1. The van der Waals surface area contributed by atoms with Crippen LogP contribution < -0.4 is 16.0 Å². The van der Waals surface area contributed by atoms with Crippen LogP contribution in [0.15, 0.2) is 40.9 Å². The summed E-state index contributed by atoms with van der Waals surface area (Å²) in [5.41, 5.74) is 0.348. The molecule has 3 heterocycles. The maximum Gasteiger partial charge on any atom is 0.261 e. The molecule has 0 radical (unpaired) electrons. The average Bonchev–Trinajstić information content (AvgIpc) is 3.68. The van der Waals surface area contributed by atoms with Crippen LogP contribution in [0.25, 0.3) is 5.57 Å². The van der Waals surface area contributed by atoms with Crippen molar-refractivity contribution < 1.29 is 18.3 Å². The zero-order valence-corrected chi connectivity index (χ0v) is 22.9. The molecule has 0 aromatic carbocycles. The summed E-state index contributed by atoms with van der Waals surface area (Å²) >= 11 is 7.28.